The summed E-state index contributed by atoms with van der Waals surface area (Å²) in [7, 11) is 1.74. The molecule has 1 aliphatic rings. The number of rotatable bonds is 6. The summed E-state index contributed by atoms with van der Waals surface area (Å²) in [6, 6.07) is 4.72. The minimum absolute atomic E-state index is 0.222. The van der Waals surface area contributed by atoms with Crippen LogP contribution in [0.5, 0.6) is 0 Å². The molecule has 98 valence electrons. The zero-order chi connectivity index (χ0) is 13.0. The fraction of sp³-hybridized carbons (Fsp3) is 0.538. The monoisotopic (exact) mass is 251 g/mol. The van der Waals surface area contributed by atoms with E-state index in [0.717, 1.165) is 30.5 Å². The van der Waals surface area contributed by atoms with Gasteiger partial charge in [0.25, 0.3) is 0 Å². The molecule has 1 aliphatic heterocycles. The van der Waals surface area contributed by atoms with Crippen molar-refractivity contribution in [1.82, 2.24) is 4.90 Å². The topological polar surface area (TPSA) is 21.7 Å². The van der Waals surface area contributed by atoms with Crippen LogP contribution in [0.2, 0.25) is 0 Å². The zero-order valence-corrected chi connectivity index (χ0v) is 11.0. The summed E-state index contributed by atoms with van der Waals surface area (Å²) in [5.41, 5.74) is 1.84. The normalized spacial score (nSPS) is 14.3. The van der Waals surface area contributed by atoms with Crippen LogP contribution in [0.15, 0.2) is 18.2 Å². The van der Waals surface area contributed by atoms with Crippen LogP contribution < -0.4 is 5.46 Å². The summed E-state index contributed by atoms with van der Waals surface area (Å²) < 4.78 is 24.2. The van der Waals surface area contributed by atoms with Gasteiger partial charge in [0.15, 0.2) is 0 Å². The first-order valence-corrected chi connectivity index (χ1v) is 6.40. The van der Waals surface area contributed by atoms with Crippen molar-refractivity contribution in [3.8, 4) is 0 Å². The minimum Gasteiger partial charge on any atom is -0.406 e. The molecule has 0 fully saturated rings. The number of halogens is 1. The van der Waals surface area contributed by atoms with E-state index in [1.54, 1.807) is 6.07 Å². The van der Waals surface area contributed by atoms with Gasteiger partial charge in [-0.25, -0.2) is 4.39 Å². The van der Waals surface area contributed by atoms with Crippen LogP contribution in [-0.4, -0.2) is 38.8 Å². The van der Waals surface area contributed by atoms with Crippen LogP contribution in [0.25, 0.3) is 0 Å². The van der Waals surface area contributed by atoms with Gasteiger partial charge < -0.3 is 14.2 Å². The molecule has 0 spiro atoms. The molecular weight excluding hydrogens is 232 g/mol. The molecule has 5 heteroatoms. The van der Waals surface area contributed by atoms with E-state index in [4.69, 9.17) is 9.31 Å². The molecule has 0 saturated carbocycles. The third-order valence-electron chi connectivity index (χ3n) is 3.10. The summed E-state index contributed by atoms with van der Waals surface area (Å²) in [5, 5.41) is 0. The molecule has 0 unspecified atom stereocenters. The Balaban J connectivity index is 1.83. The molecule has 0 amide bonds. The van der Waals surface area contributed by atoms with Crippen molar-refractivity contribution >= 4 is 12.6 Å². The average Bonchev–Trinajstić information content (AvgIpc) is 2.72. The summed E-state index contributed by atoms with van der Waals surface area (Å²) in [4.78, 5) is 2.22. The van der Waals surface area contributed by atoms with E-state index in [-0.39, 0.29) is 12.9 Å². The second kappa shape index (κ2) is 6.32. The highest BCUT2D eigenvalue weighted by Crippen LogP contribution is 2.12. The van der Waals surface area contributed by atoms with Crippen LogP contribution in [0.1, 0.15) is 18.9 Å². The lowest BCUT2D eigenvalue weighted by atomic mass is 9.79. The molecule has 0 atom stereocenters. The molecule has 3 nitrogen and oxygen atoms in total. The van der Waals surface area contributed by atoms with E-state index in [1.165, 1.54) is 12.1 Å². The van der Waals surface area contributed by atoms with Gasteiger partial charge in [-0.05, 0) is 43.2 Å². The van der Waals surface area contributed by atoms with Crippen molar-refractivity contribution in [2.45, 2.75) is 20.0 Å². The van der Waals surface area contributed by atoms with Gasteiger partial charge in [-0.3, -0.25) is 0 Å². The highest BCUT2D eigenvalue weighted by atomic mass is 19.1. The maximum atomic E-state index is 13.0. The predicted octanol–water partition coefficient (Wildman–Crippen LogP) is 1.41. The van der Waals surface area contributed by atoms with E-state index >= 15 is 0 Å². The van der Waals surface area contributed by atoms with Gasteiger partial charge in [-0.15, -0.1) is 0 Å². The number of nitrogens with zero attached hydrogens (tertiary/aromatic N) is 1. The molecule has 1 heterocycles. The van der Waals surface area contributed by atoms with Crippen molar-refractivity contribution < 1.29 is 13.7 Å². The summed E-state index contributed by atoms with van der Waals surface area (Å²) >= 11 is 0. The van der Waals surface area contributed by atoms with Gasteiger partial charge in [0.05, 0.1) is 6.61 Å². The van der Waals surface area contributed by atoms with Crippen molar-refractivity contribution in [3.05, 3.63) is 29.6 Å². The minimum atomic E-state index is -0.337. The Kier molecular flexibility index (Phi) is 4.75. The predicted molar refractivity (Wildman–Crippen MR) is 70.3 cm³/mol. The third kappa shape index (κ3) is 3.31. The number of hydrogen-bond donors (Lipinski definition) is 0. The molecule has 0 aromatic heterocycles. The van der Waals surface area contributed by atoms with Gasteiger partial charge in [-0.1, -0.05) is 13.0 Å². The van der Waals surface area contributed by atoms with Crippen molar-refractivity contribution in [1.29, 1.82) is 0 Å². The number of fused-ring (bicyclic) bond motifs is 1. The van der Waals surface area contributed by atoms with E-state index in [0.29, 0.717) is 13.2 Å². The summed E-state index contributed by atoms with van der Waals surface area (Å²) in [5.74, 6) is -0.222. The number of hydrogen-bond acceptors (Lipinski definition) is 3. The molecule has 1 aromatic carbocycles. The van der Waals surface area contributed by atoms with Crippen LogP contribution in [-0.2, 0) is 15.9 Å². The fourth-order valence-electron chi connectivity index (χ4n) is 2.13. The molecule has 0 aliphatic carbocycles. The Bertz CT molecular complexity index is 403. The lowest BCUT2D eigenvalue weighted by Crippen LogP contribution is -2.35. The lowest BCUT2D eigenvalue weighted by molar-refractivity contribution is 0.184. The fourth-order valence-corrected chi connectivity index (χ4v) is 2.13. The van der Waals surface area contributed by atoms with Crippen molar-refractivity contribution in [2.24, 2.45) is 0 Å². The van der Waals surface area contributed by atoms with E-state index in [1.807, 2.05) is 0 Å². The molecular formula is C13H19BFNO2. The third-order valence-corrected chi connectivity index (χ3v) is 3.10. The largest absolute Gasteiger partial charge is 0.494 e. The van der Waals surface area contributed by atoms with Gasteiger partial charge in [0, 0.05) is 13.2 Å². The second-order valence-electron chi connectivity index (χ2n) is 4.66. The maximum Gasteiger partial charge on any atom is 0.494 e. The molecule has 0 bridgehead atoms. The van der Waals surface area contributed by atoms with E-state index in [2.05, 4.69) is 18.9 Å². The number of likely N-dealkylation sites (N-methyl/N-ethyl adjacent to an activating group) is 1. The highest BCUT2D eigenvalue weighted by molar-refractivity contribution is 6.62. The standard InChI is InChI=1S/C13H19BFNO2/c1-3-6-16(2)7-8-17-14-13-5-4-12(15)9-11(13)10-18-14/h4-5,9H,3,6-8,10H2,1-2H3. The molecule has 1 aromatic rings. The van der Waals surface area contributed by atoms with E-state index < -0.39 is 0 Å². The Labute approximate surface area is 108 Å². The number of benzene rings is 1. The van der Waals surface area contributed by atoms with Crippen LogP contribution in [0, 0.1) is 5.82 Å². The van der Waals surface area contributed by atoms with E-state index in [9.17, 15) is 4.39 Å². The molecule has 18 heavy (non-hydrogen) atoms. The SMILES string of the molecule is CCCN(C)CCOB1OCc2cc(F)ccc21. The first kappa shape index (κ1) is 13.5. The zero-order valence-electron chi connectivity index (χ0n) is 11.0. The van der Waals surface area contributed by atoms with Gasteiger partial charge in [0.1, 0.15) is 5.82 Å². The first-order chi connectivity index (χ1) is 8.70. The highest BCUT2D eigenvalue weighted by Gasteiger charge is 2.30. The van der Waals surface area contributed by atoms with Gasteiger partial charge in [-0.2, -0.15) is 0 Å². The van der Waals surface area contributed by atoms with Crippen LogP contribution in [0.4, 0.5) is 4.39 Å². The van der Waals surface area contributed by atoms with Crippen molar-refractivity contribution in [2.75, 3.05) is 26.7 Å². The Morgan fingerprint density at radius 3 is 3.06 bits per heavy atom. The Morgan fingerprint density at radius 1 is 1.44 bits per heavy atom. The molecule has 0 saturated heterocycles. The second-order valence-corrected chi connectivity index (χ2v) is 4.66. The van der Waals surface area contributed by atoms with Crippen LogP contribution >= 0.6 is 0 Å². The van der Waals surface area contributed by atoms with Crippen LogP contribution in [0.3, 0.4) is 0 Å². The molecule has 0 radical (unpaired) electrons. The Hall–Kier alpha value is -0.905. The average molecular weight is 251 g/mol. The Morgan fingerprint density at radius 2 is 2.28 bits per heavy atom. The summed E-state index contributed by atoms with van der Waals surface area (Å²) in [6.45, 7) is 5.16. The first-order valence-electron chi connectivity index (χ1n) is 6.40. The van der Waals surface area contributed by atoms with Crippen molar-refractivity contribution in [3.63, 3.8) is 0 Å². The molecule has 0 N–H and O–H groups in total. The smallest absolute Gasteiger partial charge is 0.406 e. The molecule has 2 rings (SSSR count). The lowest BCUT2D eigenvalue weighted by Gasteiger charge is -2.16. The van der Waals surface area contributed by atoms with Gasteiger partial charge >= 0.3 is 7.12 Å². The van der Waals surface area contributed by atoms with Gasteiger partial charge in [0.2, 0.25) is 0 Å². The summed E-state index contributed by atoms with van der Waals surface area (Å²) in [6.07, 6.45) is 1.14. The quantitative estimate of drug-likeness (QED) is 0.713. The maximum absolute atomic E-state index is 13.0.